The molecule has 0 aliphatic carbocycles. The number of benzene rings is 2. The predicted molar refractivity (Wildman–Crippen MR) is 69.1 cm³/mol. The van der Waals surface area contributed by atoms with E-state index in [2.05, 4.69) is 0 Å². The number of Topliss-reactive ketones (excluding diaryl/α,β-unsaturated/α-hetero) is 2. The zero-order valence-corrected chi connectivity index (χ0v) is 11.0. The van der Waals surface area contributed by atoms with E-state index in [0.717, 1.165) is 12.1 Å². The third-order valence-electron chi connectivity index (χ3n) is 3.09. The van der Waals surface area contributed by atoms with Crippen LogP contribution in [0.15, 0.2) is 30.3 Å². The van der Waals surface area contributed by atoms with Crippen LogP contribution in [0.3, 0.4) is 0 Å². The molecule has 2 aromatic rings. The monoisotopic (exact) mass is 335 g/mol. The van der Waals surface area contributed by atoms with E-state index >= 15 is 0 Å². The molecule has 0 saturated carbocycles. The number of carbonyl (C=O) groups excluding carboxylic acids is 2. The highest BCUT2D eigenvalue weighted by Gasteiger charge is 2.43. The molecule has 0 fully saturated rings. The lowest BCUT2D eigenvalue weighted by Crippen LogP contribution is -2.26. The quantitative estimate of drug-likeness (QED) is 0.514. The fourth-order valence-corrected chi connectivity index (χ4v) is 2.08. The summed E-state index contributed by atoms with van der Waals surface area (Å²) in [5, 5.41) is -0.527. The molecule has 23 heavy (non-hydrogen) atoms. The Morgan fingerprint density at radius 1 is 0.783 bits per heavy atom. The van der Waals surface area contributed by atoms with Crippen molar-refractivity contribution in [3.05, 3.63) is 41.5 Å². The van der Waals surface area contributed by atoms with Crippen LogP contribution in [0.2, 0.25) is 0 Å². The summed E-state index contributed by atoms with van der Waals surface area (Å²) in [6.07, 6.45) is -10.6. The lowest BCUT2D eigenvalue weighted by atomic mass is 9.94. The standard InChI is InChI=1S/C14H7F6NO2/c15-13(16,17)11(22)8-5-9(12(23)14(18,19)20)10(21)7-4-2-1-3-6(7)8/h1-5H,21H2. The van der Waals surface area contributed by atoms with Gasteiger partial charge in [-0.2, -0.15) is 26.3 Å². The SMILES string of the molecule is Nc1c(C(=O)C(F)(F)F)cc(C(=O)C(F)(F)F)c2ccccc12. The van der Waals surface area contributed by atoms with Gasteiger partial charge in [0.2, 0.25) is 0 Å². The van der Waals surface area contributed by atoms with Crippen LogP contribution >= 0.6 is 0 Å². The van der Waals surface area contributed by atoms with Gasteiger partial charge in [-0.15, -0.1) is 0 Å². The molecule has 0 saturated heterocycles. The van der Waals surface area contributed by atoms with E-state index in [4.69, 9.17) is 5.73 Å². The van der Waals surface area contributed by atoms with Crippen LogP contribution in [-0.2, 0) is 0 Å². The summed E-state index contributed by atoms with van der Waals surface area (Å²) in [4.78, 5) is 22.8. The predicted octanol–water partition coefficient (Wildman–Crippen LogP) is 3.91. The molecule has 0 aromatic heterocycles. The number of alkyl halides is 6. The molecule has 0 radical (unpaired) electrons. The van der Waals surface area contributed by atoms with Crippen molar-refractivity contribution in [2.75, 3.05) is 5.73 Å². The van der Waals surface area contributed by atoms with E-state index in [9.17, 15) is 35.9 Å². The summed E-state index contributed by atoms with van der Waals surface area (Å²) in [6, 6.07) is 5.07. The highest BCUT2D eigenvalue weighted by molar-refractivity contribution is 6.18. The molecule has 3 nitrogen and oxygen atoms in total. The molecular formula is C14H7F6NO2. The summed E-state index contributed by atoms with van der Waals surface area (Å²) < 4.78 is 75.6. The first-order chi connectivity index (χ1) is 10.4. The van der Waals surface area contributed by atoms with Crippen molar-refractivity contribution >= 4 is 28.0 Å². The molecule has 0 bridgehead atoms. The first-order valence-electron chi connectivity index (χ1n) is 5.99. The fraction of sp³-hybridized carbons (Fsp3) is 0.143. The van der Waals surface area contributed by atoms with Gasteiger partial charge in [0.15, 0.2) is 0 Å². The average Bonchev–Trinajstić information content (AvgIpc) is 2.44. The van der Waals surface area contributed by atoms with E-state index in [-0.39, 0.29) is 16.8 Å². The zero-order valence-electron chi connectivity index (χ0n) is 11.0. The molecule has 2 rings (SSSR count). The smallest absolute Gasteiger partial charge is 0.398 e. The van der Waals surface area contributed by atoms with E-state index < -0.39 is 40.7 Å². The number of nitrogens with two attached hydrogens (primary N) is 1. The number of nitrogen functional groups attached to an aromatic ring is 1. The Hall–Kier alpha value is -2.58. The Morgan fingerprint density at radius 2 is 1.22 bits per heavy atom. The van der Waals surface area contributed by atoms with Gasteiger partial charge in [0.1, 0.15) is 0 Å². The molecule has 0 atom stereocenters. The van der Waals surface area contributed by atoms with Gasteiger partial charge in [-0.1, -0.05) is 24.3 Å². The van der Waals surface area contributed by atoms with E-state index in [1.54, 1.807) is 0 Å². The fourth-order valence-electron chi connectivity index (χ4n) is 2.08. The molecule has 9 heteroatoms. The number of fused-ring (bicyclic) bond motifs is 1. The first kappa shape index (κ1) is 16.8. The summed E-state index contributed by atoms with van der Waals surface area (Å²) in [6.45, 7) is 0. The van der Waals surface area contributed by atoms with Crippen molar-refractivity contribution < 1.29 is 35.9 Å². The average molecular weight is 335 g/mol. The number of carbonyl (C=O) groups is 2. The number of rotatable bonds is 2. The highest BCUT2D eigenvalue weighted by atomic mass is 19.4. The lowest BCUT2D eigenvalue weighted by Gasteiger charge is -2.14. The molecule has 2 N–H and O–H groups in total. The summed E-state index contributed by atoms with van der Waals surface area (Å²) in [5.41, 5.74) is 2.59. The molecule has 0 unspecified atom stereocenters. The van der Waals surface area contributed by atoms with Crippen molar-refractivity contribution in [2.24, 2.45) is 0 Å². The molecule has 0 aliphatic heterocycles. The van der Waals surface area contributed by atoms with Gasteiger partial charge in [0.25, 0.3) is 11.6 Å². The largest absolute Gasteiger partial charge is 0.454 e. The Kier molecular flexibility index (Phi) is 3.83. The van der Waals surface area contributed by atoms with Gasteiger partial charge in [0, 0.05) is 10.9 Å². The number of hydrogen-bond donors (Lipinski definition) is 1. The number of ketones is 2. The number of anilines is 1. The third-order valence-corrected chi connectivity index (χ3v) is 3.09. The van der Waals surface area contributed by atoms with Crippen molar-refractivity contribution in [3.63, 3.8) is 0 Å². The van der Waals surface area contributed by atoms with Crippen LogP contribution in [0.1, 0.15) is 20.7 Å². The van der Waals surface area contributed by atoms with Gasteiger partial charge in [-0.05, 0) is 11.5 Å². The second kappa shape index (κ2) is 5.25. The molecule has 0 amide bonds. The van der Waals surface area contributed by atoms with Crippen LogP contribution in [0.25, 0.3) is 10.8 Å². The summed E-state index contributed by atoms with van der Waals surface area (Å²) in [7, 11) is 0. The first-order valence-corrected chi connectivity index (χ1v) is 5.99. The van der Waals surface area contributed by atoms with Crippen molar-refractivity contribution in [3.8, 4) is 0 Å². The Labute approximate surface area is 124 Å². The Morgan fingerprint density at radius 3 is 1.70 bits per heavy atom. The Bertz CT molecular complexity index is 807. The van der Waals surface area contributed by atoms with Crippen LogP contribution in [0.5, 0.6) is 0 Å². The van der Waals surface area contributed by atoms with Crippen molar-refractivity contribution in [1.29, 1.82) is 0 Å². The van der Waals surface area contributed by atoms with Gasteiger partial charge < -0.3 is 5.73 Å². The minimum absolute atomic E-state index is 0.239. The van der Waals surface area contributed by atoms with Crippen LogP contribution in [0, 0.1) is 0 Å². The molecule has 0 heterocycles. The van der Waals surface area contributed by atoms with Crippen molar-refractivity contribution in [2.45, 2.75) is 12.4 Å². The Balaban J connectivity index is 2.85. The second-order valence-electron chi connectivity index (χ2n) is 4.58. The van der Waals surface area contributed by atoms with Gasteiger partial charge >= 0.3 is 12.4 Å². The molecule has 122 valence electrons. The summed E-state index contributed by atoms with van der Waals surface area (Å²) in [5.74, 6) is -4.78. The topological polar surface area (TPSA) is 60.2 Å². The zero-order chi connectivity index (χ0) is 17.6. The second-order valence-corrected chi connectivity index (χ2v) is 4.58. The normalized spacial score (nSPS) is 12.4. The van der Waals surface area contributed by atoms with Gasteiger partial charge in [-0.25, -0.2) is 0 Å². The van der Waals surface area contributed by atoms with Crippen LogP contribution in [0.4, 0.5) is 32.0 Å². The highest BCUT2D eigenvalue weighted by Crippen LogP contribution is 2.35. The minimum Gasteiger partial charge on any atom is -0.398 e. The molecule has 0 aliphatic rings. The number of halogens is 6. The van der Waals surface area contributed by atoms with Gasteiger partial charge in [0.05, 0.1) is 11.3 Å². The lowest BCUT2D eigenvalue weighted by molar-refractivity contribution is -0.0886. The maximum atomic E-state index is 12.6. The van der Waals surface area contributed by atoms with Crippen molar-refractivity contribution in [1.82, 2.24) is 0 Å². The third kappa shape index (κ3) is 2.99. The molecule has 0 spiro atoms. The number of hydrogen-bond acceptors (Lipinski definition) is 3. The van der Waals surface area contributed by atoms with Crippen LogP contribution < -0.4 is 5.73 Å². The maximum Gasteiger partial charge on any atom is 0.454 e. The van der Waals surface area contributed by atoms with Crippen LogP contribution in [-0.4, -0.2) is 23.9 Å². The molecular weight excluding hydrogens is 328 g/mol. The van der Waals surface area contributed by atoms with Gasteiger partial charge in [-0.3, -0.25) is 9.59 Å². The minimum atomic E-state index is -5.34. The molecule has 2 aromatic carbocycles. The maximum absolute atomic E-state index is 12.6. The van der Waals surface area contributed by atoms with E-state index in [0.29, 0.717) is 0 Å². The van der Waals surface area contributed by atoms with E-state index in [1.165, 1.54) is 12.1 Å². The summed E-state index contributed by atoms with van der Waals surface area (Å²) >= 11 is 0. The van der Waals surface area contributed by atoms with E-state index in [1.807, 2.05) is 0 Å².